The molecule has 0 aromatic carbocycles. The Morgan fingerprint density at radius 2 is 2.50 bits per heavy atom. The molecule has 8 heavy (non-hydrogen) atoms. The summed E-state index contributed by atoms with van der Waals surface area (Å²) in [7, 11) is 0. The average molecular weight is 109 g/mol. The zero-order valence-corrected chi connectivity index (χ0v) is 5.36. The van der Waals surface area contributed by atoms with Crippen LogP contribution in [0.15, 0.2) is 23.4 Å². The fourth-order valence-electron chi connectivity index (χ4n) is 0.807. The molecule has 0 saturated carbocycles. The van der Waals surface area contributed by atoms with Crippen LogP contribution in [0.4, 0.5) is 0 Å². The first kappa shape index (κ1) is 5.42. The molecule has 1 heterocycles. The Hall–Kier alpha value is -0.720. The van der Waals surface area contributed by atoms with E-state index in [1.54, 1.807) is 0 Å². The normalized spacial score (nSPS) is 23.2. The summed E-state index contributed by atoms with van der Waals surface area (Å²) in [5.41, 5.74) is 2.67. The Balaban J connectivity index is 2.67. The Morgan fingerprint density at radius 1 is 1.75 bits per heavy atom. The van der Waals surface area contributed by atoms with Crippen LogP contribution < -0.4 is 5.32 Å². The van der Waals surface area contributed by atoms with Gasteiger partial charge in [-0.2, -0.15) is 0 Å². The van der Waals surface area contributed by atoms with E-state index in [4.69, 9.17) is 0 Å². The number of hydrogen-bond acceptors (Lipinski definition) is 1. The zero-order chi connectivity index (χ0) is 5.98. The highest BCUT2D eigenvalue weighted by atomic mass is 14.9. The molecule has 0 bridgehead atoms. The molecule has 1 aliphatic heterocycles. The highest BCUT2D eigenvalue weighted by Gasteiger charge is 1.99. The molecule has 0 fully saturated rings. The maximum Gasteiger partial charge on any atom is 0.0395 e. The smallest absolute Gasteiger partial charge is 0.0395 e. The van der Waals surface area contributed by atoms with Gasteiger partial charge in [0, 0.05) is 12.2 Å². The molecule has 0 atom stereocenters. The monoisotopic (exact) mass is 109 g/mol. The second kappa shape index (κ2) is 2.03. The van der Waals surface area contributed by atoms with Crippen LogP contribution in [0.5, 0.6) is 0 Å². The highest BCUT2D eigenvalue weighted by Crippen LogP contribution is 2.05. The van der Waals surface area contributed by atoms with E-state index in [-0.39, 0.29) is 0 Å². The second-order valence-corrected chi connectivity index (χ2v) is 2.04. The Bertz CT molecular complexity index is 142. The van der Waals surface area contributed by atoms with Gasteiger partial charge in [0.25, 0.3) is 0 Å². The minimum atomic E-state index is 1.02. The topological polar surface area (TPSA) is 12.0 Å². The predicted molar refractivity (Wildman–Crippen MR) is 35.5 cm³/mol. The van der Waals surface area contributed by atoms with Crippen molar-refractivity contribution in [1.82, 2.24) is 5.32 Å². The van der Waals surface area contributed by atoms with Crippen LogP contribution >= 0.6 is 0 Å². The van der Waals surface area contributed by atoms with Gasteiger partial charge in [-0.05, 0) is 25.5 Å². The Labute approximate surface area is 50.1 Å². The van der Waals surface area contributed by atoms with Gasteiger partial charge in [0.2, 0.25) is 0 Å². The molecule has 0 saturated heterocycles. The molecule has 1 heteroatoms. The van der Waals surface area contributed by atoms with Gasteiger partial charge in [0.05, 0.1) is 0 Å². The minimum Gasteiger partial charge on any atom is -0.384 e. The van der Waals surface area contributed by atoms with Crippen LogP contribution in [0.2, 0.25) is 0 Å². The van der Waals surface area contributed by atoms with Crippen LogP contribution in [-0.4, -0.2) is 6.54 Å². The standard InChI is InChI=1S/C7H11N/c1-3-7-4-6(2)8-5-7/h3-4,8H,5H2,1-2H3/b7-3-. The first-order valence-electron chi connectivity index (χ1n) is 2.90. The molecule has 0 aromatic heterocycles. The fraction of sp³-hybridized carbons (Fsp3) is 0.429. The molecule has 0 aromatic rings. The SMILES string of the molecule is C/C=C1/C=C(C)NC1. The molecular formula is C7H11N. The van der Waals surface area contributed by atoms with Gasteiger partial charge >= 0.3 is 0 Å². The van der Waals surface area contributed by atoms with Crippen molar-refractivity contribution in [2.24, 2.45) is 0 Å². The number of nitrogens with one attached hydrogen (secondary N) is 1. The summed E-state index contributed by atoms with van der Waals surface area (Å²) in [6.07, 6.45) is 4.30. The van der Waals surface area contributed by atoms with Gasteiger partial charge in [0.1, 0.15) is 0 Å². The maximum atomic E-state index is 3.21. The van der Waals surface area contributed by atoms with Crippen molar-refractivity contribution in [2.45, 2.75) is 13.8 Å². The first-order chi connectivity index (χ1) is 3.83. The lowest BCUT2D eigenvalue weighted by molar-refractivity contribution is 0.936. The largest absolute Gasteiger partial charge is 0.384 e. The van der Waals surface area contributed by atoms with Crippen molar-refractivity contribution in [2.75, 3.05) is 6.54 Å². The Kier molecular flexibility index (Phi) is 1.38. The average Bonchev–Trinajstić information content (AvgIpc) is 2.14. The van der Waals surface area contributed by atoms with E-state index in [1.165, 1.54) is 11.3 Å². The van der Waals surface area contributed by atoms with E-state index < -0.39 is 0 Å². The lowest BCUT2D eigenvalue weighted by Crippen LogP contribution is -2.04. The second-order valence-electron chi connectivity index (χ2n) is 2.04. The van der Waals surface area contributed by atoms with E-state index in [2.05, 4.69) is 31.3 Å². The Morgan fingerprint density at radius 3 is 2.75 bits per heavy atom. The third-order valence-electron chi connectivity index (χ3n) is 1.34. The van der Waals surface area contributed by atoms with E-state index in [1.807, 2.05) is 0 Å². The zero-order valence-electron chi connectivity index (χ0n) is 5.36. The minimum absolute atomic E-state index is 1.02. The van der Waals surface area contributed by atoms with Crippen molar-refractivity contribution in [3.05, 3.63) is 23.4 Å². The lowest BCUT2D eigenvalue weighted by Gasteiger charge is -1.90. The molecule has 1 nitrogen and oxygen atoms in total. The van der Waals surface area contributed by atoms with Crippen LogP contribution in [0, 0.1) is 0 Å². The molecule has 0 amide bonds. The van der Waals surface area contributed by atoms with Crippen molar-refractivity contribution in [3.63, 3.8) is 0 Å². The van der Waals surface area contributed by atoms with Gasteiger partial charge in [0.15, 0.2) is 0 Å². The van der Waals surface area contributed by atoms with E-state index >= 15 is 0 Å². The predicted octanol–water partition coefficient (Wildman–Crippen LogP) is 1.44. The van der Waals surface area contributed by atoms with Crippen molar-refractivity contribution in [1.29, 1.82) is 0 Å². The van der Waals surface area contributed by atoms with Gasteiger partial charge in [-0.15, -0.1) is 0 Å². The summed E-state index contributed by atoms with van der Waals surface area (Å²) in [6.45, 7) is 5.16. The van der Waals surface area contributed by atoms with E-state index in [0.29, 0.717) is 0 Å². The third-order valence-corrected chi connectivity index (χ3v) is 1.34. The highest BCUT2D eigenvalue weighted by molar-refractivity contribution is 5.28. The summed E-state index contributed by atoms with van der Waals surface area (Å²) in [4.78, 5) is 0. The molecule has 0 spiro atoms. The molecule has 44 valence electrons. The summed E-state index contributed by atoms with van der Waals surface area (Å²) >= 11 is 0. The number of rotatable bonds is 0. The molecule has 1 rings (SSSR count). The van der Waals surface area contributed by atoms with Crippen LogP contribution in [-0.2, 0) is 0 Å². The van der Waals surface area contributed by atoms with Gasteiger partial charge in [-0.3, -0.25) is 0 Å². The van der Waals surface area contributed by atoms with Crippen LogP contribution in [0.25, 0.3) is 0 Å². The van der Waals surface area contributed by atoms with Gasteiger partial charge in [-0.1, -0.05) is 6.08 Å². The van der Waals surface area contributed by atoms with Crippen molar-refractivity contribution >= 4 is 0 Å². The molecular weight excluding hydrogens is 98.1 g/mol. The van der Waals surface area contributed by atoms with Crippen LogP contribution in [0.1, 0.15) is 13.8 Å². The first-order valence-corrected chi connectivity index (χ1v) is 2.90. The van der Waals surface area contributed by atoms with Crippen LogP contribution in [0.3, 0.4) is 0 Å². The molecule has 1 N–H and O–H groups in total. The fourth-order valence-corrected chi connectivity index (χ4v) is 0.807. The number of allylic oxidation sites excluding steroid dienone is 2. The van der Waals surface area contributed by atoms with Gasteiger partial charge < -0.3 is 5.32 Å². The molecule has 0 unspecified atom stereocenters. The summed E-state index contributed by atoms with van der Waals surface area (Å²) in [5, 5.41) is 3.21. The molecule has 0 radical (unpaired) electrons. The third kappa shape index (κ3) is 0.915. The lowest BCUT2D eigenvalue weighted by atomic mass is 10.3. The summed E-state index contributed by atoms with van der Waals surface area (Å²) in [5.74, 6) is 0. The molecule has 0 aliphatic carbocycles. The van der Waals surface area contributed by atoms with Crippen molar-refractivity contribution in [3.8, 4) is 0 Å². The molecule has 1 aliphatic rings. The van der Waals surface area contributed by atoms with E-state index in [0.717, 1.165) is 6.54 Å². The maximum absolute atomic E-state index is 3.21. The summed E-state index contributed by atoms with van der Waals surface area (Å²) < 4.78 is 0. The van der Waals surface area contributed by atoms with E-state index in [9.17, 15) is 0 Å². The number of hydrogen-bond donors (Lipinski definition) is 1. The quantitative estimate of drug-likeness (QED) is 0.496. The van der Waals surface area contributed by atoms with Gasteiger partial charge in [-0.25, -0.2) is 0 Å². The summed E-state index contributed by atoms with van der Waals surface area (Å²) in [6, 6.07) is 0. The van der Waals surface area contributed by atoms with Crippen molar-refractivity contribution < 1.29 is 0 Å².